The average Bonchev–Trinajstić information content (AvgIpc) is 2.48. The summed E-state index contributed by atoms with van der Waals surface area (Å²) in [6, 6.07) is 3.36. The largest absolute Gasteiger partial charge is 0.462 e. The van der Waals surface area contributed by atoms with Crippen LogP contribution in [0.2, 0.25) is 0 Å². The molecular weight excluding hydrogens is 288 g/mol. The normalized spacial score (nSPS) is 10.4. The van der Waals surface area contributed by atoms with Crippen LogP contribution < -0.4 is 0 Å². The van der Waals surface area contributed by atoms with Gasteiger partial charge in [0, 0.05) is 14.2 Å². The van der Waals surface area contributed by atoms with Crippen LogP contribution in [-0.2, 0) is 32.2 Å². The Morgan fingerprint density at radius 3 is 2.05 bits per heavy atom. The summed E-state index contributed by atoms with van der Waals surface area (Å²) in [5.41, 5.74) is 1.67. The monoisotopic (exact) mass is 310 g/mol. The molecule has 1 aromatic rings. The van der Waals surface area contributed by atoms with Gasteiger partial charge in [0.15, 0.2) is 0 Å². The molecule has 0 heterocycles. The zero-order valence-corrected chi connectivity index (χ0v) is 13.4. The fraction of sp³-hybridized carbons (Fsp3) is 0.500. The predicted molar refractivity (Wildman–Crippen MR) is 79.8 cm³/mol. The SMILES string of the molecule is CCOC(=O)c1cc(COC)cc(COC)c1C(=O)OCC. The fourth-order valence-corrected chi connectivity index (χ4v) is 2.10. The van der Waals surface area contributed by atoms with E-state index in [4.69, 9.17) is 18.9 Å². The Morgan fingerprint density at radius 2 is 1.50 bits per heavy atom. The molecule has 6 heteroatoms. The minimum Gasteiger partial charge on any atom is -0.462 e. The summed E-state index contributed by atoms with van der Waals surface area (Å²) < 4.78 is 20.3. The van der Waals surface area contributed by atoms with Crippen molar-refractivity contribution in [2.24, 2.45) is 0 Å². The second-order valence-electron chi connectivity index (χ2n) is 4.48. The molecule has 0 amide bonds. The smallest absolute Gasteiger partial charge is 0.339 e. The number of carbonyl (C=O) groups is 2. The lowest BCUT2D eigenvalue weighted by Crippen LogP contribution is -2.18. The minimum atomic E-state index is -0.569. The zero-order chi connectivity index (χ0) is 16.5. The number of hydrogen-bond donors (Lipinski definition) is 0. The van der Waals surface area contributed by atoms with E-state index < -0.39 is 11.9 Å². The molecule has 0 aromatic heterocycles. The van der Waals surface area contributed by atoms with E-state index in [2.05, 4.69) is 0 Å². The minimum absolute atomic E-state index is 0.168. The van der Waals surface area contributed by atoms with Crippen molar-refractivity contribution in [1.29, 1.82) is 0 Å². The van der Waals surface area contributed by atoms with Gasteiger partial charge in [0.25, 0.3) is 0 Å². The van der Waals surface area contributed by atoms with Crippen LogP contribution in [0.4, 0.5) is 0 Å². The molecule has 122 valence electrons. The molecule has 0 radical (unpaired) electrons. The molecule has 0 aliphatic heterocycles. The molecule has 1 aromatic carbocycles. The summed E-state index contributed by atoms with van der Waals surface area (Å²) in [7, 11) is 3.07. The molecule has 0 bridgehead atoms. The molecule has 0 unspecified atom stereocenters. The van der Waals surface area contributed by atoms with Gasteiger partial charge >= 0.3 is 11.9 Å². The summed E-state index contributed by atoms with van der Waals surface area (Å²) in [6.45, 7) is 4.33. The van der Waals surface area contributed by atoms with Crippen LogP contribution in [0.1, 0.15) is 45.7 Å². The van der Waals surface area contributed by atoms with E-state index in [0.29, 0.717) is 12.2 Å². The molecule has 0 atom stereocenters. The molecule has 0 fully saturated rings. The van der Waals surface area contributed by atoms with E-state index >= 15 is 0 Å². The number of esters is 2. The van der Waals surface area contributed by atoms with Crippen molar-refractivity contribution >= 4 is 11.9 Å². The summed E-state index contributed by atoms with van der Waals surface area (Å²) in [4.78, 5) is 24.4. The maximum atomic E-state index is 12.2. The zero-order valence-electron chi connectivity index (χ0n) is 13.4. The van der Waals surface area contributed by atoms with Crippen LogP contribution >= 0.6 is 0 Å². The van der Waals surface area contributed by atoms with Gasteiger partial charge in [0.2, 0.25) is 0 Å². The van der Waals surface area contributed by atoms with E-state index in [1.54, 1.807) is 33.1 Å². The van der Waals surface area contributed by atoms with Crippen molar-refractivity contribution in [3.8, 4) is 0 Å². The van der Waals surface area contributed by atoms with Crippen molar-refractivity contribution in [3.05, 3.63) is 34.4 Å². The van der Waals surface area contributed by atoms with Gasteiger partial charge in [-0.15, -0.1) is 0 Å². The average molecular weight is 310 g/mol. The second-order valence-corrected chi connectivity index (χ2v) is 4.48. The number of ether oxygens (including phenoxy) is 4. The maximum absolute atomic E-state index is 12.2. The third kappa shape index (κ3) is 4.54. The van der Waals surface area contributed by atoms with E-state index in [0.717, 1.165) is 5.56 Å². The number of benzene rings is 1. The molecular formula is C16H22O6. The first-order chi connectivity index (χ1) is 10.6. The van der Waals surface area contributed by atoms with Crippen molar-refractivity contribution in [3.63, 3.8) is 0 Å². The van der Waals surface area contributed by atoms with Crippen LogP contribution in [0, 0.1) is 0 Å². The Balaban J connectivity index is 3.43. The second kappa shape index (κ2) is 9.17. The Bertz CT molecular complexity index is 524. The van der Waals surface area contributed by atoms with Gasteiger partial charge in [-0.25, -0.2) is 9.59 Å². The lowest BCUT2D eigenvalue weighted by Gasteiger charge is -2.15. The molecule has 6 nitrogen and oxygen atoms in total. The highest BCUT2D eigenvalue weighted by Crippen LogP contribution is 2.22. The Hall–Kier alpha value is -1.92. The van der Waals surface area contributed by atoms with Crippen LogP contribution in [0.3, 0.4) is 0 Å². The molecule has 1 rings (SSSR count). The topological polar surface area (TPSA) is 71.1 Å². The van der Waals surface area contributed by atoms with Gasteiger partial charge < -0.3 is 18.9 Å². The standard InChI is InChI=1S/C16H22O6/c1-5-21-15(17)13-8-11(9-19-3)7-12(10-20-4)14(13)16(18)22-6-2/h7-8H,5-6,9-10H2,1-4H3. The van der Waals surface area contributed by atoms with Gasteiger partial charge in [0.1, 0.15) is 0 Å². The van der Waals surface area contributed by atoms with Crippen molar-refractivity contribution in [1.82, 2.24) is 0 Å². The molecule has 0 saturated carbocycles. The number of hydrogen-bond acceptors (Lipinski definition) is 6. The van der Waals surface area contributed by atoms with Gasteiger partial charge in [0.05, 0.1) is 37.6 Å². The van der Waals surface area contributed by atoms with E-state index in [9.17, 15) is 9.59 Å². The highest BCUT2D eigenvalue weighted by atomic mass is 16.5. The third-order valence-electron chi connectivity index (χ3n) is 2.87. The lowest BCUT2D eigenvalue weighted by molar-refractivity contribution is 0.0474. The lowest BCUT2D eigenvalue weighted by atomic mass is 9.97. The van der Waals surface area contributed by atoms with Crippen molar-refractivity contribution < 1.29 is 28.5 Å². The van der Waals surface area contributed by atoms with Crippen LogP contribution in [0.25, 0.3) is 0 Å². The number of rotatable bonds is 8. The van der Waals surface area contributed by atoms with Crippen LogP contribution in [0.15, 0.2) is 12.1 Å². The Labute approximate surface area is 130 Å². The fourth-order valence-electron chi connectivity index (χ4n) is 2.10. The van der Waals surface area contributed by atoms with Crippen molar-refractivity contribution in [2.75, 3.05) is 27.4 Å². The number of methoxy groups -OCH3 is 2. The quantitative estimate of drug-likeness (QED) is 0.686. The molecule has 0 saturated heterocycles. The first-order valence-corrected chi connectivity index (χ1v) is 7.06. The molecule has 0 N–H and O–H groups in total. The Morgan fingerprint density at radius 1 is 0.909 bits per heavy atom. The summed E-state index contributed by atoms with van der Waals surface area (Å²) in [5, 5.41) is 0. The number of carbonyl (C=O) groups excluding carboxylic acids is 2. The van der Waals surface area contributed by atoms with E-state index in [-0.39, 0.29) is 30.9 Å². The van der Waals surface area contributed by atoms with Crippen molar-refractivity contribution in [2.45, 2.75) is 27.1 Å². The molecule has 0 aliphatic rings. The highest BCUT2D eigenvalue weighted by molar-refractivity contribution is 6.04. The van der Waals surface area contributed by atoms with E-state index in [1.807, 2.05) is 0 Å². The molecule has 0 aliphatic carbocycles. The summed E-state index contributed by atoms with van der Waals surface area (Å²) in [6.07, 6.45) is 0. The summed E-state index contributed by atoms with van der Waals surface area (Å²) in [5.74, 6) is -1.14. The Kier molecular flexibility index (Phi) is 7.56. The van der Waals surface area contributed by atoms with Gasteiger partial charge in [-0.2, -0.15) is 0 Å². The highest BCUT2D eigenvalue weighted by Gasteiger charge is 2.24. The maximum Gasteiger partial charge on any atom is 0.339 e. The summed E-state index contributed by atoms with van der Waals surface area (Å²) >= 11 is 0. The first-order valence-electron chi connectivity index (χ1n) is 7.06. The van der Waals surface area contributed by atoms with Crippen LogP contribution in [0.5, 0.6) is 0 Å². The van der Waals surface area contributed by atoms with Gasteiger partial charge in [-0.3, -0.25) is 0 Å². The molecule has 22 heavy (non-hydrogen) atoms. The van der Waals surface area contributed by atoms with Crippen LogP contribution in [-0.4, -0.2) is 39.4 Å². The predicted octanol–water partition coefficient (Wildman–Crippen LogP) is 2.33. The molecule has 0 spiro atoms. The third-order valence-corrected chi connectivity index (χ3v) is 2.87. The van der Waals surface area contributed by atoms with Gasteiger partial charge in [-0.1, -0.05) is 6.07 Å². The first kappa shape index (κ1) is 18.1. The van der Waals surface area contributed by atoms with E-state index in [1.165, 1.54) is 7.11 Å². The van der Waals surface area contributed by atoms with Gasteiger partial charge in [-0.05, 0) is 31.0 Å².